The number of ketones is 1. The molecule has 116 valence electrons. The van der Waals surface area contributed by atoms with Crippen LogP contribution in [-0.4, -0.2) is 23.3 Å². The summed E-state index contributed by atoms with van der Waals surface area (Å²) in [4.78, 5) is 28.0. The number of carbonyl (C=O) groups excluding carboxylic acids is 2. The second kappa shape index (κ2) is 8.55. The van der Waals surface area contributed by atoms with Gasteiger partial charge >= 0.3 is 5.97 Å². The van der Waals surface area contributed by atoms with Gasteiger partial charge in [0, 0.05) is 31.2 Å². The quantitative estimate of drug-likeness (QED) is 0.691. The number of Topliss-reactive ketones (excluding diaryl/α,β-unsaturated/α-hetero) is 1. The minimum atomic E-state index is -0.224. The van der Waals surface area contributed by atoms with Crippen LogP contribution in [0.25, 0.3) is 0 Å². The Bertz CT molecular complexity index is 483. The van der Waals surface area contributed by atoms with Gasteiger partial charge in [-0.15, -0.1) is 0 Å². The van der Waals surface area contributed by atoms with Gasteiger partial charge in [-0.3, -0.25) is 14.6 Å². The second-order valence-corrected chi connectivity index (χ2v) is 5.76. The molecule has 0 aromatic carbocycles. The zero-order chi connectivity index (χ0) is 15.8. The van der Waals surface area contributed by atoms with E-state index in [1.165, 1.54) is 0 Å². The van der Waals surface area contributed by atoms with Gasteiger partial charge < -0.3 is 4.74 Å². The molecule has 0 radical (unpaired) electrons. The van der Waals surface area contributed by atoms with Crippen molar-refractivity contribution in [2.45, 2.75) is 47.0 Å². The van der Waals surface area contributed by atoms with Crippen LogP contribution in [0.4, 0.5) is 0 Å². The third-order valence-corrected chi connectivity index (χ3v) is 3.52. The van der Waals surface area contributed by atoms with E-state index in [1.807, 2.05) is 32.9 Å². The minimum absolute atomic E-state index is 0.0290. The lowest BCUT2D eigenvalue weighted by Crippen LogP contribution is -2.20. The Hall–Kier alpha value is -1.71. The van der Waals surface area contributed by atoms with Gasteiger partial charge in [0.25, 0.3) is 0 Å². The molecule has 0 aliphatic rings. The van der Waals surface area contributed by atoms with Crippen molar-refractivity contribution in [3.05, 3.63) is 29.6 Å². The van der Waals surface area contributed by atoms with Crippen LogP contribution >= 0.6 is 0 Å². The number of aryl methyl sites for hydroxylation is 1. The van der Waals surface area contributed by atoms with Gasteiger partial charge in [0.15, 0.2) is 0 Å². The van der Waals surface area contributed by atoms with E-state index >= 15 is 0 Å². The molecule has 0 fully saturated rings. The van der Waals surface area contributed by atoms with Crippen molar-refractivity contribution in [1.82, 2.24) is 4.98 Å². The van der Waals surface area contributed by atoms with Crippen LogP contribution in [-0.2, 0) is 20.7 Å². The van der Waals surface area contributed by atoms with Crippen LogP contribution in [0.3, 0.4) is 0 Å². The van der Waals surface area contributed by atoms with Crippen LogP contribution in [0.1, 0.15) is 44.9 Å². The summed E-state index contributed by atoms with van der Waals surface area (Å²) in [5.41, 5.74) is 1.89. The zero-order valence-electron chi connectivity index (χ0n) is 13.4. The average Bonchev–Trinajstić information content (AvgIpc) is 2.38. The molecule has 1 atom stereocenters. The summed E-state index contributed by atoms with van der Waals surface area (Å²) >= 11 is 0. The molecule has 0 bridgehead atoms. The van der Waals surface area contributed by atoms with Gasteiger partial charge in [-0.25, -0.2) is 0 Å². The highest BCUT2D eigenvalue weighted by molar-refractivity contribution is 5.81. The van der Waals surface area contributed by atoms with Crippen LogP contribution in [0.2, 0.25) is 0 Å². The fraction of sp³-hybridized carbons (Fsp3) is 0.588. The van der Waals surface area contributed by atoms with Gasteiger partial charge in [-0.05, 0) is 43.4 Å². The molecule has 0 saturated carbocycles. The van der Waals surface area contributed by atoms with E-state index < -0.39 is 0 Å². The maximum Gasteiger partial charge on any atom is 0.306 e. The predicted octanol–water partition coefficient (Wildman–Crippen LogP) is 3.12. The third-order valence-electron chi connectivity index (χ3n) is 3.52. The van der Waals surface area contributed by atoms with Gasteiger partial charge in [-0.1, -0.05) is 13.8 Å². The molecular weight excluding hydrogens is 266 g/mol. The average molecular weight is 291 g/mol. The third kappa shape index (κ3) is 6.52. The number of rotatable bonds is 8. The first-order chi connectivity index (χ1) is 9.92. The molecule has 1 unspecified atom stereocenters. The molecule has 4 heteroatoms. The van der Waals surface area contributed by atoms with Crippen molar-refractivity contribution in [3.63, 3.8) is 0 Å². The molecule has 1 heterocycles. The van der Waals surface area contributed by atoms with Crippen molar-refractivity contribution in [3.8, 4) is 0 Å². The molecule has 21 heavy (non-hydrogen) atoms. The van der Waals surface area contributed by atoms with Crippen LogP contribution in [0.5, 0.6) is 0 Å². The van der Waals surface area contributed by atoms with E-state index in [2.05, 4.69) is 4.98 Å². The number of nitrogens with zero attached hydrogens (tertiary/aromatic N) is 1. The van der Waals surface area contributed by atoms with E-state index in [1.54, 1.807) is 13.1 Å². The first-order valence-electron chi connectivity index (χ1n) is 7.51. The Morgan fingerprint density at radius 3 is 2.57 bits per heavy atom. The number of esters is 1. The summed E-state index contributed by atoms with van der Waals surface area (Å²) in [6.45, 7) is 8.21. The number of ether oxygens (including phenoxy) is 1. The Morgan fingerprint density at radius 2 is 2.00 bits per heavy atom. The van der Waals surface area contributed by atoms with Crippen molar-refractivity contribution in [2.24, 2.45) is 11.8 Å². The first kappa shape index (κ1) is 17.3. The SMILES string of the molecule is CCOC(=O)CC(CC(=O)Cc1cc(C)ccn1)C(C)C. The second-order valence-electron chi connectivity index (χ2n) is 5.76. The number of carbonyl (C=O) groups is 2. The molecule has 1 aromatic heterocycles. The molecule has 1 rings (SSSR count). The zero-order valence-corrected chi connectivity index (χ0v) is 13.4. The highest BCUT2D eigenvalue weighted by atomic mass is 16.5. The molecule has 0 spiro atoms. The Balaban J connectivity index is 2.58. The molecular formula is C17H25NO3. The fourth-order valence-corrected chi connectivity index (χ4v) is 2.24. The smallest absolute Gasteiger partial charge is 0.306 e. The molecule has 0 aliphatic carbocycles. The number of hydrogen-bond donors (Lipinski definition) is 0. The summed E-state index contributed by atoms with van der Waals surface area (Å²) in [6, 6.07) is 3.83. The minimum Gasteiger partial charge on any atom is -0.466 e. The van der Waals surface area contributed by atoms with E-state index in [4.69, 9.17) is 4.74 Å². The van der Waals surface area contributed by atoms with Crippen LogP contribution < -0.4 is 0 Å². The molecule has 0 saturated heterocycles. The van der Waals surface area contributed by atoms with Crippen molar-refractivity contribution >= 4 is 11.8 Å². The maximum atomic E-state index is 12.2. The lowest BCUT2D eigenvalue weighted by molar-refractivity contribution is -0.144. The normalized spacial score (nSPS) is 12.2. The van der Waals surface area contributed by atoms with Crippen molar-refractivity contribution in [2.75, 3.05) is 6.61 Å². The van der Waals surface area contributed by atoms with E-state index in [0.717, 1.165) is 11.3 Å². The summed E-state index contributed by atoms with van der Waals surface area (Å²) in [7, 11) is 0. The van der Waals surface area contributed by atoms with Crippen LogP contribution in [0, 0.1) is 18.8 Å². The summed E-state index contributed by atoms with van der Waals surface area (Å²) < 4.78 is 4.98. The molecule has 1 aromatic rings. The van der Waals surface area contributed by atoms with Gasteiger partial charge in [-0.2, -0.15) is 0 Å². The van der Waals surface area contributed by atoms with Gasteiger partial charge in [0.1, 0.15) is 5.78 Å². The largest absolute Gasteiger partial charge is 0.466 e. The Labute approximate surface area is 126 Å². The lowest BCUT2D eigenvalue weighted by Gasteiger charge is -2.19. The monoisotopic (exact) mass is 291 g/mol. The van der Waals surface area contributed by atoms with Crippen molar-refractivity contribution in [1.29, 1.82) is 0 Å². The number of pyridine rings is 1. The van der Waals surface area contributed by atoms with Crippen molar-refractivity contribution < 1.29 is 14.3 Å². The van der Waals surface area contributed by atoms with E-state index in [0.29, 0.717) is 25.9 Å². The number of hydrogen-bond acceptors (Lipinski definition) is 4. The highest BCUT2D eigenvalue weighted by Crippen LogP contribution is 2.21. The Kier molecular flexibility index (Phi) is 7.06. The summed E-state index contributed by atoms with van der Waals surface area (Å²) in [5, 5.41) is 0. The predicted molar refractivity (Wildman–Crippen MR) is 81.9 cm³/mol. The summed E-state index contributed by atoms with van der Waals surface area (Å²) in [5.74, 6) is 0.193. The standard InChI is InChI=1S/C17H25NO3/c1-5-21-17(20)10-14(12(2)3)9-16(19)11-15-8-13(4)6-7-18-15/h6-8,12,14H,5,9-11H2,1-4H3. The van der Waals surface area contributed by atoms with Gasteiger partial charge in [0.05, 0.1) is 6.61 Å². The van der Waals surface area contributed by atoms with E-state index in [9.17, 15) is 9.59 Å². The summed E-state index contributed by atoms with van der Waals surface area (Å²) in [6.07, 6.45) is 2.74. The maximum absolute atomic E-state index is 12.2. The molecule has 0 aliphatic heterocycles. The van der Waals surface area contributed by atoms with Crippen LogP contribution in [0.15, 0.2) is 18.3 Å². The molecule has 4 nitrogen and oxygen atoms in total. The number of aromatic nitrogens is 1. The fourth-order valence-electron chi connectivity index (χ4n) is 2.24. The van der Waals surface area contributed by atoms with Gasteiger partial charge in [0.2, 0.25) is 0 Å². The first-order valence-corrected chi connectivity index (χ1v) is 7.51. The molecule has 0 N–H and O–H groups in total. The Morgan fingerprint density at radius 1 is 1.29 bits per heavy atom. The van der Waals surface area contributed by atoms with E-state index in [-0.39, 0.29) is 23.6 Å². The molecule has 0 amide bonds. The topological polar surface area (TPSA) is 56.3 Å². The lowest BCUT2D eigenvalue weighted by atomic mass is 9.87. The highest BCUT2D eigenvalue weighted by Gasteiger charge is 2.21.